The maximum absolute atomic E-state index is 14.7. The number of unbranched alkanes of at least 4 members (excludes halogenated alkanes) is 2. The van der Waals surface area contributed by atoms with Crippen LogP contribution in [0.4, 0.5) is 4.39 Å². The van der Waals surface area contributed by atoms with Crippen molar-refractivity contribution in [1.82, 2.24) is 0 Å². The van der Waals surface area contributed by atoms with Crippen LogP contribution in [0.2, 0.25) is 0 Å². The van der Waals surface area contributed by atoms with E-state index in [-0.39, 0.29) is 18.2 Å². The Morgan fingerprint density at radius 2 is 1.80 bits per heavy atom. The van der Waals surface area contributed by atoms with E-state index in [1.165, 1.54) is 6.07 Å². The molecule has 0 unspecified atom stereocenters. The van der Waals surface area contributed by atoms with E-state index in [2.05, 4.69) is 6.92 Å². The molecule has 5 nitrogen and oxygen atoms in total. The van der Waals surface area contributed by atoms with Crippen LogP contribution in [0.25, 0.3) is 11.1 Å². The molecule has 0 aliphatic heterocycles. The highest BCUT2D eigenvalue weighted by Gasteiger charge is 2.15. The van der Waals surface area contributed by atoms with E-state index < -0.39 is 5.97 Å². The highest BCUT2D eigenvalue weighted by molar-refractivity contribution is 5.72. The minimum Gasteiger partial charge on any atom is -0.497 e. The van der Waals surface area contributed by atoms with E-state index in [1.807, 2.05) is 49.4 Å². The van der Waals surface area contributed by atoms with Gasteiger partial charge in [-0.3, -0.25) is 4.79 Å². The average molecular weight is 481 g/mol. The lowest BCUT2D eigenvalue weighted by molar-refractivity contribution is -0.137. The zero-order valence-corrected chi connectivity index (χ0v) is 20.6. The third kappa shape index (κ3) is 7.47. The summed E-state index contributed by atoms with van der Waals surface area (Å²) >= 11 is 0. The van der Waals surface area contributed by atoms with Gasteiger partial charge in [-0.15, -0.1) is 0 Å². The molecule has 1 N–H and O–H groups in total. The predicted molar refractivity (Wildman–Crippen MR) is 135 cm³/mol. The van der Waals surface area contributed by atoms with Gasteiger partial charge in [0.15, 0.2) is 0 Å². The molecule has 186 valence electrons. The van der Waals surface area contributed by atoms with Crippen LogP contribution in [0.15, 0.2) is 60.7 Å². The molecule has 1 atom stereocenters. The fourth-order valence-electron chi connectivity index (χ4n) is 3.83. The number of ether oxygens (including phenoxy) is 3. The van der Waals surface area contributed by atoms with Crippen LogP contribution >= 0.6 is 0 Å². The third-order valence-corrected chi connectivity index (χ3v) is 5.83. The van der Waals surface area contributed by atoms with E-state index in [0.717, 1.165) is 30.4 Å². The van der Waals surface area contributed by atoms with Crippen molar-refractivity contribution in [2.24, 2.45) is 0 Å². The molecule has 0 spiro atoms. The zero-order chi connectivity index (χ0) is 25.2. The maximum atomic E-state index is 14.7. The minimum atomic E-state index is -0.831. The molecule has 3 rings (SSSR count). The van der Waals surface area contributed by atoms with Crippen molar-refractivity contribution in [1.29, 1.82) is 0 Å². The standard InChI is InChI=1S/C29H33FO5/c1-4-5-6-14-34-28-16-21(10-12-25(28)26-18-23(33-3)11-13-27(26)30)19-35-24-9-7-8-22(17-24)20(2)15-29(31)32/h7-13,16-18,20H,4-6,14-15,19H2,1-3H3,(H,31,32)/t20-/m0/s1. The third-order valence-electron chi connectivity index (χ3n) is 5.83. The summed E-state index contributed by atoms with van der Waals surface area (Å²) in [5, 5.41) is 9.06. The SMILES string of the molecule is CCCCCOc1cc(COc2cccc([C@@H](C)CC(=O)O)c2)ccc1-c1cc(OC)ccc1F. The molecule has 0 fully saturated rings. The number of carboxylic acid groups (broad SMARTS) is 1. The van der Waals surface area contributed by atoms with E-state index in [9.17, 15) is 9.18 Å². The second-order valence-corrected chi connectivity index (χ2v) is 8.59. The van der Waals surface area contributed by atoms with Gasteiger partial charge < -0.3 is 19.3 Å². The molecule has 35 heavy (non-hydrogen) atoms. The molecule has 0 bridgehead atoms. The van der Waals surface area contributed by atoms with Gasteiger partial charge in [0, 0.05) is 11.1 Å². The van der Waals surface area contributed by atoms with Crippen LogP contribution < -0.4 is 14.2 Å². The predicted octanol–water partition coefficient (Wildman–Crippen LogP) is 7.23. The fourth-order valence-corrected chi connectivity index (χ4v) is 3.83. The minimum absolute atomic E-state index is 0.0600. The molecule has 3 aromatic carbocycles. The Kier molecular flexibility index (Phi) is 9.53. The molecule has 6 heteroatoms. The number of halogens is 1. The van der Waals surface area contributed by atoms with Gasteiger partial charge in [-0.2, -0.15) is 0 Å². The molecule has 0 amide bonds. The first-order chi connectivity index (χ1) is 16.9. The zero-order valence-electron chi connectivity index (χ0n) is 20.6. The van der Waals surface area contributed by atoms with Crippen molar-refractivity contribution >= 4 is 5.97 Å². The Hall–Kier alpha value is -3.54. The number of hydrogen-bond acceptors (Lipinski definition) is 4. The topological polar surface area (TPSA) is 65.0 Å². The number of aliphatic carboxylic acids is 1. The lowest BCUT2D eigenvalue weighted by atomic mass is 9.98. The first-order valence-electron chi connectivity index (χ1n) is 12.0. The molecular formula is C29H33FO5. The first kappa shape index (κ1) is 26.1. The lowest BCUT2D eigenvalue weighted by Crippen LogP contribution is -2.04. The normalized spacial score (nSPS) is 11.7. The highest BCUT2D eigenvalue weighted by Crippen LogP contribution is 2.35. The molecule has 0 heterocycles. The van der Waals surface area contributed by atoms with Gasteiger partial charge in [0.2, 0.25) is 0 Å². The summed E-state index contributed by atoms with van der Waals surface area (Å²) in [6, 6.07) is 17.8. The Labute approximate surface area is 206 Å². The Morgan fingerprint density at radius 1 is 0.971 bits per heavy atom. The van der Waals surface area contributed by atoms with Crippen LogP contribution in [0.5, 0.6) is 17.2 Å². The number of carboxylic acids is 1. The van der Waals surface area contributed by atoms with E-state index >= 15 is 0 Å². The van der Waals surface area contributed by atoms with Gasteiger partial charge in [0.1, 0.15) is 29.7 Å². The lowest BCUT2D eigenvalue weighted by Gasteiger charge is -2.16. The number of benzene rings is 3. The van der Waals surface area contributed by atoms with Crippen LogP contribution in [0, 0.1) is 5.82 Å². The number of carbonyl (C=O) groups is 1. The summed E-state index contributed by atoms with van der Waals surface area (Å²) in [4.78, 5) is 11.0. The van der Waals surface area contributed by atoms with Gasteiger partial charge in [-0.05, 0) is 59.9 Å². The fraction of sp³-hybridized carbons (Fsp3) is 0.345. The van der Waals surface area contributed by atoms with E-state index in [1.54, 1.807) is 19.2 Å². The van der Waals surface area contributed by atoms with Gasteiger partial charge in [0.25, 0.3) is 0 Å². The van der Waals surface area contributed by atoms with Crippen molar-refractivity contribution in [3.8, 4) is 28.4 Å². The smallest absolute Gasteiger partial charge is 0.303 e. The van der Waals surface area contributed by atoms with Crippen molar-refractivity contribution < 1.29 is 28.5 Å². The summed E-state index contributed by atoms with van der Waals surface area (Å²) in [7, 11) is 1.55. The monoisotopic (exact) mass is 480 g/mol. The summed E-state index contributed by atoms with van der Waals surface area (Å²) in [6.45, 7) is 4.85. The Bertz CT molecular complexity index is 1130. The van der Waals surface area contributed by atoms with E-state index in [0.29, 0.717) is 41.6 Å². The second kappa shape index (κ2) is 12.8. The molecule has 0 aliphatic rings. The number of methoxy groups -OCH3 is 1. The molecule has 0 saturated heterocycles. The number of hydrogen-bond donors (Lipinski definition) is 1. The average Bonchev–Trinajstić information content (AvgIpc) is 2.86. The summed E-state index contributed by atoms with van der Waals surface area (Å²) < 4.78 is 32.1. The molecule has 0 aromatic heterocycles. The van der Waals surface area contributed by atoms with Crippen LogP contribution in [0.1, 0.15) is 56.6 Å². The Balaban J connectivity index is 1.81. The molecule has 0 aliphatic carbocycles. The van der Waals surface area contributed by atoms with Gasteiger partial charge >= 0.3 is 5.97 Å². The first-order valence-corrected chi connectivity index (χ1v) is 12.0. The van der Waals surface area contributed by atoms with Crippen molar-refractivity contribution in [2.75, 3.05) is 13.7 Å². The van der Waals surface area contributed by atoms with Gasteiger partial charge in [-0.25, -0.2) is 4.39 Å². The van der Waals surface area contributed by atoms with Gasteiger partial charge in [-0.1, -0.05) is 51.0 Å². The largest absolute Gasteiger partial charge is 0.497 e. The van der Waals surface area contributed by atoms with Crippen LogP contribution in [-0.4, -0.2) is 24.8 Å². The van der Waals surface area contributed by atoms with Crippen molar-refractivity contribution in [2.45, 2.75) is 52.1 Å². The van der Waals surface area contributed by atoms with Crippen LogP contribution in [-0.2, 0) is 11.4 Å². The maximum Gasteiger partial charge on any atom is 0.303 e. The summed E-state index contributed by atoms with van der Waals surface area (Å²) in [6.07, 6.45) is 3.12. The van der Waals surface area contributed by atoms with E-state index in [4.69, 9.17) is 19.3 Å². The summed E-state index contributed by atoms with van der Waals surface area (Å²) in [5.41, 5.74) is 2.87. The molecule has 0 radical (unpaired) electrons. The molecular weight excluding hydrogens is 447 g/mol. The highest BCUT2D eigenvalue weighted by atomic mass is 19.1. The number of rotatable bonds is 13. The van der Waals surface area contributed by atoms with Crippen molar-refractivity contribution in [3.63, 3.8) is 0 Å². The second-order valence-electron chi connectivity index (χ2n) is 8.59. The molecule has 3 aromatic rings. The van der Waals surface area contributed by atoms with Gasteiger partial charge in [0.05, 0.1) is 20.1 Å². The Morgan fingerprint density at radius 3 is 2.54 bits per heavy atom. The summed E-state index contributed by atoms with van der Waals surface area (Å²) in [5.74, 6) is 0.536. The quantitative estimate of drug-likeness (QED) is 0.262. The molecule has 0 saturated carbocycles. The van der Waals surface area contributed by atoms with Crippen LogP contribution in [0.3, 0.4) is 0 Å². The van der Waals surface area contributed by atoms with Crippen molar-refractivity contribution in [3.05, 3.63) is 77.6 Å².